The van der Waals surface area contributed by atoms with Crippen molar-refractivity contribution in [3.63, 3.8) is 0 Å². The summed E-state index contributed by atoms with van der Waals surface area (Å²) in [4.78, 5) is 7.19. The first-order valence-corrected chi connectivity index (χ1v) is 5.27. The Morgan fingerprint density at radius 1 is 1.47 bits per heavy atom. The number of anilines is 1. The molecule has 4 nitrogen and oxygen atoms in total. The zero-order chi connectivity index (χ0) is 12.3. The van der Waals surface area contributed by atoms with E-state index >= 15 is 0 Å². The number of halogens is 1. The Kier molecular flexibility index (Phi) is 3.27. The summed E-state index contributed by atoms with van der Waals surface area (Å²) < 4.78 is 18.3. The van der Waals surface area contributed by atoms with Crippen LogP contribution in [0.3, 0.4) is 0 Å². The summed E-state index contributed by atoms with van der Waals surface area (Å²) in [6, 6.07) is 4.93. The van der Waals surface area contributed by atoms with E-state index in [4.69, 9.17) is 4.74 Å². The minimum Gasteiger partial charge on any atom is -0.494 e. The van der Waals surface area contributed by atoms with Crippen molar-refractivity contribution < 1.29 is 9.13 Å². The molecule has 0 fully saturated rings. The minimum absolute atomic E-state index is 0.259. The Balaban J connectivity index is 2.15. The standard InChI is InChI=1S/C12H14FN3O/c1-14-12-15-7-9(16-12)5-8-3-4-11(17-2)10(13)6-8/h3-4,6-7H,5H2,1-2H3,(H2,14,15,16). The molecule has 0 aliphatic carbocycles. The summed E-state index contributed by atoms with van der Waals surface area (Å²) in [6.45, 7) is 0. The number of nitrogens with zero attached hydrogens (tertiary/aromatic N) is 1. The monoisotopic (exact) mass is 235 g/mol. The largest absolute Gasteiger partial charge is 0.494 e. The van der Waals surface area contributed by atoms with Gasteiger partial charge in [-0.3, -0.25) is 0 Å². The van der Waals surface area contributed by atoms with Gasteiger partial charge >= 0.3 is 0 Å². The first-order chi connectivity index (χ1) is 8.22. The molecule has 0 radical (unpaired) electrons. The lowest BCUT2D eigenvalue weighted by molar-refractivity contribution is 0.386. The van der Waals surface area contributed by atoms with E-state index in [1.165, 1.54) is 13.2 Å². The van der Waals surface area contributed by atoms with Gasteiger partial charge in [0.2, 0.25) is 0 Å². The molecule has 0 atom stereocenters. The first-order valence-electron chi connectivity index (χ1n) is 5.27. The Bertz CT molecular complexity index is 510. The van der Waals surface area contributed by atoms with Crippen molar-refractivity contribution in [2.45, 2.75) is 6.42 Å². The number of ether oxygens (including phenoxy) is 1. The molecule has 0 bridgehead atoms. The highest BCUT2D eigenvalue weighted by atomic mass is 19.1. The van der Waals surface area contributed by atoms with Gasteiger partial charge in [0.25, 0.3) is 0 Å². The number of benzene rings is 1. The molecular weight excluding hydrogens is 221 g/mol. The van der Waals surface area contributed by atoms with Gasteiger partial charge in [0.1, 0.15) is 0 Å². The molecular formula is C12H14FN3O. The number of hydrogen-bond donors (Lipinski definition) is 2. The molecule has 17 heavy (non-hydrogen) atoms. The molecule has 2 aromatic rings. The Morgan fingerprint density at radius 2 is 2.29 bits per heavy atom. The van der Waals surface area contributed by atoms with Crippen LogP contribution in [0.25, 0.3) is 0 Å². The Hall–Kier alpha value is -2.04. The van der Waals surface area contributed by atoms with Crippen molar-refractivity contribution in [1.82, 2.24) is 9.97 Å². The fraction of sp³-hybridized carbons (Fsp3) is 0.250. The lowest BCUT2D eigenvalue weighted by Crippen LogP contribution is -1.94. The second kappa shape index (κ2) is 4.86. The fourth-order valence-electron chi connectivity index (χ4n) is 1.62. The fourth-order valence-corrected chi connectivity index (χ4v) is 1.62. The maximum absolute atomic E-state index is 13.5. The second-order valence-corrected chi connectivity index (χ2v) is 3.65. The number of nitrogens with one attached hydrogen (secondary N) is 2. The summed E-state index contributed by atoms with van der Waals surface area (Å²) in [5, 5.41) is 2.90. The molecule has 2 N–H and O–H groups in total. The van der Waals surface area contributed by atoms with Crippen LogP contribution >= 0.6 is 0 Å². The van der Waals surface area contributed by atoms with Gasteiger partial charge in [0.05, 0.1) is 13.3 Å². The van der Waals surface area contributed by atoms with Gasteiger partial charge < -0.3 is 15.0 Å². The number of methoxy groups -OCH3 is 1. The molecule has 0 spiro atoms. The second-order valence-electron chi connectivity index (χ2n) is 3.65. The van der Waals surface area contributed by atoms with Crippen LogP contribution in [-0.4, -0.2) is 24.1 Å². The van der Waals surface area contributed by atoms with Crippen LogP contribution < -0.4 is 10.1 Å². The summed E-state index contributed by atoms with van der Waals surface area (Å²) >= 11 is 0. The molecule has 2 rings (SSSR count). The van der Waals surface area contributed by atoms with Crippen LogP contribution in [0.1, 0.15) is 11.3 Å². The quantitative estimate of drug-likeness (QED) is 0.854. The lowest BCUT2D eigenvalue weighted by Gasteiger charge is -2.04. The Labute approximate surface area is 98.8 Å². The maximum atomic E-state index is 13.5. The van der Waals surface area contributed by atoms with Crippen molar-refractivity contribution in [3.8, 4) is 5.75 Å². The van der Waals surface area contributed by atoms with Crippen LogP contribution in [0.2, 0.25) is 0 Å². The molecule has 0 unspecified atom stereocenters. The van der Waals surface area contributed by atoms with E-state index in [2.05, 4.69) is 15.3 Å². The third kappa shape index (κ3) is 2.55. The van der Waals surface area contributed by atoms with E-state index in [1.807, 2.05) is 6.07 Å². The summed E-state index contributed by atoms with van der Waals surface area (Å²) in [6.07, 6.45) is 2.34. The van der Waals surface area contributed by atoms with Crippen LogP contribution in [0.15, 0.2) is 24.4 Å². The lowest BCUT2D eigenvalue weighted by atomic mass is 10.1. The highest BCUT2D eigenvalue weighted by molar-refractivity contribution is 5.33. The number of aromatic amines is 1. The molecule has 0 aliphatic heterocycles. The zero-order valence-electron chi connectivity index (χ0n) is 9.75. The van der Waals surface area contributed by atoms with E-state index < -0.39 is 0 Å². The molecule has 90 valence electrons. The Morgan fingerprint density at radius 3 is 2.88 bits per heavy atom. The molecule has 0 saturated carbocycles. The van der Waals surface area contributed by atoms with Gasteiger partial charge in [-0.25, -0.2) is 9.37 Å². The highest BCUT2D eigenvalue weighted by Crippen LogP contribution is 2.19. The van der Waals surface area contributed by atoms with Gasteiger partial charge in [-0.2, -0.15) is 0 Å². The van der Waals surface area contributed by atoms with Crippen molar-refractivity contribution in [2.24, 2.45) is 0 Å². The van der Waals surface area contributed by atoms with Crippen molar-refractivity contribution >= 4 is 5.95 Å². The van der Waals surface area contributed by atoms with E-state index in [1.54, 1.807) is 19.3 Å². The smallest absolute Gasteiger partial charge is 0.200 e. The molecule has 1 aromatic carbocycles. The van der Waals surface area contributed by atoms with Crippen molar-refractivity contribution in [1.29, 1.82) is 0 Å². The summed E-state index contributed by atoms with van der Waals surface area (Å²) in [7, 11) is 3.24. The summed E-state index contributed by atoms with van der Waals surface area (Å²) in [5.41, 5.74) is 1.80. The number of imidazole rings is 1. The topological polar surface area (TPSA) is 49.9 Å². The van der Waals surface area contributed by atoms with Crippen LogP contribution in [0.4, 0.5) is 10.3 Å². The van der Waals surface area contributed by atoms with Crippen molar-refractivity contribution in [3.05, 3.63) is 41.5 Å². The molecule has 1 heterocycles. The highest BCUT2D eigenvalue weighted by Gasteiger charge is 2.05. The average molecular weight is 235 g/mol. The third-order valence-electron chi connectivity index (χ3n) is 2.48. The van der Waals surface area contributed by atoms with Gasteiger partial charge in [0, 0.05) is 19.2 Å². The predicted octanol–water partition coefficient (Wildman–Crippen LogP) is 2.19. The number of aromatic nitrogens is 2. The maximum Gasteiger partial charge on any atom is 0.200 e. The van der Waals surface area contributed by atoms with Crippen LogP contribution in [-0.2, 0) is 6.42 Å². The summed E-state index contributed by atoms with van der Waals surface area (Å²) in [5.74, 6) is 0.613. The van der Waals surface area contributed by atoms with Gasteiger partial charge in [-0.15, -0.1) is 0 Å². The third-order valence-corrected chi connectivity index (χ3v) is 2.48. The molecule has 5 heteroatoms. The molecule has 0 saturated heterocycles. The average Bonchev–Trinajstić information content (AvgIpc) is 2.77. The molecule has 0 aliphatic rings. The van der Waals surface area contributed by atoms with E-state index in [-0.39, 0.29) is 11.6 Å². The van der Waals surface area contributed by atoms with Crippen LogP contribution in [0, 0.1) is 5.82 Å². The number of H-pyrrole nitrogens is 1. The van der Waals surface area contributed by atoms with E-state index in [9.17, 15) is 4.39 Å². The number of hydrogen-bond acceptors (Lipinski definition) is 3. The molecule has 0 amide bonds. The zero-order valence-corrected chi connectivity index (χ0v) is 9.75. The number of rotatable bonds is 4. The van der Waals surface area contributed by atoms with Crippen LogP contribution in [0.5, 0.6) is 5.75 Å². The first kappa shape index (κ1) is 11.4. The molecule has 1 aromatic heterocycles. The van der Waals surface area contributed by atoms with Gasteiger partial charge in [-0.05, 0) is 17.7 Å². The minimum atomic E-state index is -0.349. The predicted molar refractivity (Wildman–Crippen MR) is 63.9 cm³/mol. The SMILES string of the molecule is CNc1ncc(Cc2ccc(OC)c(F)c2)[nH]1. The van der Waals surface area contributed by atoms with Gasteiger partial charge in [-0.1, -0.05) is 6.07 Å². The normalized spacial score (nSPS) is 10.3. The van der Waals surface area contributed by atoms with E-state index in [0.717, 1.165) is 11.3 Å². The van der Waals surface area contributed by atoms with Crippen molar-refractivity contribution in [2.75, 3.05) is 19.5 Å². The van der Waals surface area contributed by atoms with E-state index in [0.29, 0.717) is 12.4 Å². The van der Waals surface area contributed by atoms with Gasteiger partial charge in [0.15, 0.2) is 17.5 Å².